The van der Waals surface area contributed by atoms with Gasteiger partial charge in [0.1, 0.15) is 5.82 Å². The van der Waals surface area contributed by atoms with Crippen LogP contribution in [0.3, 0.4) is 0 Å². The zero-order valence-corrected chi connectivity index (χ0v) is 17.8. The van der Waals surface area contributed by atoms with E-state index in [0.29, 0.717) is 44.9 Å². The topological polar surface area (TPSA) is 103 Å². The van der Waals surface area contributed by atoms with Crippen molar-refractivity contribution in [2.24, 2.45) is 0 Å². The molecule has 0 spiro atoms. The molecule has 0 aromatic carbocycles. The van der Waals surface area contributed by atoms with Gasteiger partial charge in [-0.2, -0.15) is 15.0 Å². The molecule has 2 saturated heterocycles. The molecule has 4 heterocycles. The number of aromatic nitrogens is 4. The van der Waals surface area contributed by atoms with Crippen molar-refractivity contribution in [2.45, 2.75) is 45.3 Å². The molecule has 0 bridgehead atoms. The Balaban J connectivity index is 1.89. The molecule has 2 aliphatic rings. The molecular weight excluding hydrogens is 408 g/mol. The fourth-order valence-corrected chi connectivity index (χ4v) is 4.05. The lowest BCUT2D eigenvalue weighted by molar-refractivity contribution is 0.0746. The van der Waals surface area contributed by atoms with Crippen molar-refractivity contribution in [1.29, 1.82) is 0 Å². The highest BCUT2D eigenvalue weighted by atomic mass is 19.3. The first-order valence-electron chi connectivity index (χ1n) is 10.4. The van der Waals surface area contributed by atoms with E-state index >= 15 is 0 Å². The summed E-state index contributed by atoms with van der Waals surface area (Å²) >= 11 is 0. The van der Waals surface area contributed by atoms with E-state index in [0.717, 1.165) is 0 Å². The van der Waals surface area contributed by atoms with Gasteiger partial charge < -0.3 is 25.0 Å². The molecule has 11 heteroatoms. The zero-order valence-electron chi connectivity index (χ0n) is 17.8. The lowest BCUT2D eigenvalue weighted by Crippen LogP contribution is -2.51. The average Bonchev–Trinajstić information content (AvgIpc) is 2.73. The van der Waals surface area contributed by atoms with Crippen LogP contribution in [0.2, 0.25) is 0 Å². The summed E-state index contributed by atoms with van der Waals surface area (Å²) in [7, 11) is 0. The van der Waals surface area contributed by atoms with E-state index < -0.39 is 6.43 Å². The highest BCUT2D eigenvalue weighted by molar-refractivity contribution is 5.73. The van der Waals surface area contributed by atoms with Gasteiger partial charge in [0.05, 0.1) is 50.1 Å². The van der Waals surface area contributed by atoms with Crippen LogP contribution in [0.1, 0.15) is 32.8 Å². The third-order valence-electron chi connectivity index (χ3n) is 5.61. The number of hydrogen-bond acceptors (Lipinski definition) is 9. The molecule has 2 aliphatic heterocycles. The molecule has 0 aliphatic carbocycles. The van der Waals surface area contributed by atoms with E-state index in [1.165, 1.54) is 12.3 Å². The van der Waals surface area contributed by atoms with Gasteiger partial charge in [-0.1, -0.05) is 0 Å². The van der Waals surface area contributed by atoms with Crippen LogP contribution in [-0.4, -0.2) is 71.0 Å². The number of pyridine rings is 1. The standard InChI is InChI=1S/C20H27F2N7O2/c1-11-8-30-7-6-28(11)19-25-18(15-14(16(21)22)4-5-24-17(15)23)26-20(27-19)29-12(2)9-31-10-13(29)3/h4-5,11-13,16H,6-10H2,1-3H3,(H2,23,24)/t11-,12+,13+/m1/s1. The first-order chi connectivity index (χ1) is 14.9. The molecule has 2 aromatic heterocycles. The first kappa shape index (κ1) is 21.6. The quantitative estimate of drug-likeness (QED) is 0.775. The maximum Gasteiger partial charge on any atom is 0.264 e. The van der Waals surface area contributed by atoms with Crippen molar-refractivity contribution in [3.05, 3.63) is 17.8 Å². The van der Waals surface area contributed by atoms with E-state index in [9.17, 15) is 8.78 Å². The molecule has 2 fully saturated rings. The summed E-state index contributed by atoms with van der Waals surface area (Å²) in [5.41, 5.74) is 5.80. The van der Waals surface area contributed by atoms with Crippen molar-refractivity contribution in [2.75, 3.05) is 48.5 Å². The number of nitrogen functional groups attached to an aromatic ring is 1. The maximum absolute atomic E-state index is 13.8. The van der Waals surface area contributed by atoms with Crippen molar-refractivity contribution in [3.63, 3.8) is 0 Å². The van der Waals surface area contributed by atoms with Crippen molar-refractivity contribution < 1.29 is 18.3 Å². The molecule has 168 valence electrons. The summed E-state index contributed by atoms with van der Waals surface area (Å²) in [6, 6.07) is 1.29. The lowest BCUT2D eigenvalue weighted by atomic mass is 10.1. The Hall–Kier alpha value is -2.66. The second-order valence-corrected chi connectivity index (χ2v) is 7.98. The van der Waals surface area contributed by atoms with Crippen LogP contribution < -0.4 is 15.5 Å². The number of rotatable bonds is 4. The van der Waals surface area contributed by atoms with E-state index in [4.69, 9.17) is 20.2 Å². The maximum atomic E-state index is 13.8. The van der Waals surface area contributed by atoms with Gasteiger partial charge in [-0.3, -0.25) is 0 Å². The normalized spacial score (nSPS) is 24.6. The van der Waals surface area contributed by atoms with E-state index in [1.54, 1.807) is 0 Å². The highest BCUT2D eigenvalue weighted by Gasteiger charge is 2.31. The average molecular weight is 435 g/mol. The monoisotopic (exact) mass is 435 g/mol. The van der Waals surface area contributed by atoms with Crippen LogP contribution in [0, 0.1) is 0 Å². The molecule has 2 N–H and O–H groups in total. The molecule has 0 unspecified atom stereocenters. The minimum Gasteiger partial charge on any atom is -0.383 e. The van der Waals surface area contributed by atoms with Crippen LogP contribution in [0.15, 0.2) is 12.3 Å². The Morgan fingerprint density at radius 1 is 1.00 bits per heavy atom. The molecule has 3 atom stereocenters. The number of ether oxygens (including phenoxy) is 2. The van der Waals surface area contributed by atoms with Crippen molar-refractivity contribution >= 4 is 17.7 Å². The smallest absolute Gasteiger partial charge is 0.264 e. The Bertz CT molecular complexity index is 922. The Labute approximate surface area is 179 Å². The summed E-state index contributed by atoms with van der Waals surface area (Å²) in [6.45, 7) is 8.71. The number of hydrogen-bond donors (Lipinski definition) is 1. The second kappa shape index (κ2) is 8.83. The summed E-state index contributed by atoms with van der Waals surface area (Å²) in [6.07, 6.45) is -1.48. The number of morpholine rings is 2. The summed E-state index contributed by atoms with van der Waals surface area (Å²) in [5, 5.41) is 0. The summed E-state index contributed by atoms with van der Waals surface area (Å²) in [5.74, 6) is 0.861. The molecule has 0 saturated carbocycles. The lowest BCUT2D eigenvalue weighted by Gasteiger charge is -2.39. The van der Waals surface area contributed by atoms with Crippen LogP contribution in [0.5, 0.6) is 0 Å². The third kappa shape index (κ3) is 4.24. The Morgan fingerprint density at radius 2 is 1.68 bits per heavy atom. The largest absolute Gasteiger partial charge is 0.383 e. The van der Waals surface area contributed by atoms with Gasteiger partial charge >= 0.3 is 0 Å². The Kier molecular flexibility index (Phi) is 6.15. The molecular formula is C20H27F2N7O2. The van der Waals surface area contributed by atoms with Gasteiger partial charge in [-0.05, 0) is 26.8 Å². The fourth-order valence-electron chi connectivity index (χ4n) is 4.05. The number of anilines is 3. The molecule has 0 amide bonds. The first-order valence-corrected chi connectivity index (χ1v) is 10.4. The van der Waals surface area contributed by atoms with Gasteiger partial charge in [-0.15, -0.1) is 0 Å². The van der Waals surface area contributed by atoms with Gasteiger partial charge in [0.15, 0.2) is 5.82 Å². The third-order valence-corrected chi connectivity index (χ3v) is 5.61. The SMILES string of the molecule is C[C@@H]1COCCN1c1nc(-c2c(C(F)F)ccnc2N)nc(N2[C@@H](C)COC[C@@H]2C)n1. The van der Waals surface area contributed by atoms with Gasteiger partial charge in [0, 0.05) is 18.3 Å². The Morgan fingerprint density at radius 3 is 2.35 bits per heavy atom. The van der Waals surface area contributed by atoms with Gasteiger partial charge in [0.25, 0.3) is 6.43 Å². The summed E-state index contributed by atoms with van der Waals surface area (Å²) in [4.78, 5) is 21.9. The minimum atomic E-state index is -2.74. The van der Waals surface area contributed by atoms with Gasteiger partial charge in [0.2, 0.25) is 11.9 Å². The minimum absolute atomic E-state index is 0.00905. The zero-order chi connectivity index (χ0) is 22.1. The molecule has 9 nitrogen and oxygen atoms in total. The van der Waals surface area contributed by atoms with E-state index in [2.05, 4.69) is 15.0 Å². The van der Waals surface area contributed by atoms with Crippen LogP contribution in [0.4, 0.5) is 26.5 Å². The summed E-state index contributed by atoms with van der Waals surface area (Å²) < 4.78 is 38.7. The molecule has 4 rings (SSSR count). The number of halogens is 2. The van der Waals surface area contributed by atoms with Crippen LogP contribution >= 0.6 is 0 Å². The molecule has 31 heavy (non-hydrogen) atoms. The predicted molar refractivity (Wildman–Crippen MR) is 112 cm³/mol. The molecule has 0 radical (unpaired) electrons. The number of nitrogens with two attached hydrogens (primary N) is 1. The van der Waals surface area contributed by atoms with Crippen molar-refractivity contribution in [1.82, 2.24) is 19.9 Å². The van der Waals surface area contributed by atoms with E-state index in [-0.39, 0.29) is 40.9 Å². The molecule has 2 aromatic rings. The highest BCUT2D eigenvalue weighted by Crippen LogP contribution is 2.34. The van der Waals surface area contributed by atoms with Gasteiger partial charge in [-0.25, -0.2) is 13.8 Å². The number of alkyl halides is 2. The van der Waals surface area contributed by atoms with Crippen LogP contribution in [-0.2, 0) is 9.47 Å². The number of nitrogens with zero attached hydrogens (tertiary/aromatic N) is 6. The van der Waals surface area contributed by atoms with Crippen molar-refractivity contribution in [3.8, 4) is 11.4 Å². The second-order valence-electron chi connectivity index (χ2n) is 7.98. The van der Waals surface area contributed by atoms with E-state index in [1.807, 2.05) is 30.6 Å². The predicted octanol–water partition coefficient (Wildman–Crippen LogP) is 2.29. The van der Waals surface area contributed by atoms with Crippen LogP contribution in [0.25, 0.3) is 11.4 Å². The fraction of sp³-hybridized carbons (Fsp3) is 0.600.